The predicted molar refractivity (Wildman–Crippen MR) is 113 cm³/mol. The largest absolute Gasteiger partial charge is 0.472 e. The van der Waals surface area contributed by atoms with Crippen LogP contribution in [0.3, 0.4) is 0 Å². The fourth-order valence-electron chi connectivity index (χ4n) is 4.51. The molecule has 0 spiro atoms. The van der Waals surface area contributed by atoms with Gasteiger partial charge in [-0.15, -0.1) is 0 Å². The van der Waals surface area contributed by atoms with Crippen LogP contribution in [0.5, 0.6) is 5.88 Å². The Balaban J connectivity index is 1.51. The molecule has 0 bridgehead atoms. The molecule has 4 rings (SSSR count). The smallest absolute Gasteiger partial charge is 0.267 e. The number of carbonyl (C=O) groups is 2. The molecule has 8 nitrogen and oxygen atoms in total. The van der Waals surface area contributed by atoms with Gasteiger partial charge in [-0.1, -0.05) is 12.1 Å². The van der Waals surface area contributed by atoms with Crippen molar-refractivity contribution in [3.05, 3.63) is 41.7 Å². The molecule has 1 aliphatic heterocycles. The third kappa shape index (κ3) is 4.08. The van der Waals surface area contributed by atoms with E-state index in [9.17, 15) is 9.59 Å². The number of primary amides is 1. The van der Waals surface area contributed by atoms with E-state index in [0.29, 0.717) is 24.8 Å². The van der Waals surface area contributed by atoms with E-state index in [1.807, 2.05) is 19.1 Å². The van der Waals surface area contributed by atoms with E-state index in [1.54, 1.807) is 4.90 Å². The lowest BCUT2D eigenvalue weighted by atomic mass is 9.77. The average Bonchev–Trinajstić information content (AvgIpc) is 2.85. The molecule has 1 fully saturated rings. The van der Waals surface area contributed by atoms with Crippen LogP contribution >= 0.6 is 0 Å². The number of aromatic nitrogens is 2. The highest BCUT2D eigenvalue weighted by Gasteiger charge is 2.31. The Hall–Kier alpha value is -3.16. The predicted octanol–water partition coefficient (Wildman–Crippen LogP) is 2.64. The van der Waals surface area contributed by atoms with Crippen LogP contribution in [0.15, 0.2) is 30.6 Å². The zero-order valence-electron chi connectivity index (χ0n) is 17.1. The molecule has 0 radical (unpaired) electrons. The molecule has 4 N–H and O–H groups in total. The van der Waals surface area contributed by atoms with Crippen LogP contribution in [0.2, 0.25) is 0 Å². The quantitative estimate of drug-likeness (QED) is 0.800. The van der Waals surface area contributed by atoms with Gasteiger partial charge in [-0.2, -0.15) is 0 Å². The lowest BCUT2D eigenvalue weighted by Crippen LogP contribution is -2.36. The molecule has 1 aliphatic carbocycles. The zero-order valence-corrected chi connectivity index (χ0v) is 17.1. The first-order chi connectivity index (χ1) is 14.4. The minimum Gasteiger partial charge on any atom is -0.472 e. The van der Waals surface area contributed by atoms with Gasteiger partial charge in [0.2, 0.25) is 11.8 Å². The van der Waals surface area contributed by atoms with Crippen LogP contribution < -0.4 is 21.1 Å². The monoisotopic (exact) mass is 409 g/mol. The number of rotatable bonds is 4. The summed E-state index contributed by atoms with van der Waals surface area (Å²) >= 11 is 0. The molecule has 30 heavy (non-hydrogen) atoms. The summed E-state index contributed by atoms with van der Waals surface area (Å²) in [7, 11) is 0. The van der Waals surface area contributed by atoms with Crippen LogP contribution in [-0.4, -0.2) is 34.4 Å². The first-order valence-corrected chi connectivity index (χ1v) is 10.4. The summed E-state index contributed by atoms with van der Waals surface area (Å²) in [5.41, 5.74) is 13.5. The van der Waals surface area contributed by atoms with Crippen molar-refractivity contribution in [3.63, 3.8) is 0 Å². The lowest BCUT2D eigenvalue weighted by molar-refractivity contribution is -0.119. The number of benzene rings is 1. The van der Waals surface area contributed by atoms with Gasteiger partial charge in [0, 0.05) is 12.1 Å². The summed E-state index contributed by atoms with van der Waals surface area (Å²) < 4.78 is 5.79. The van der Waals surface area contributed by atoms with Crippen molar-refractivity contribution in [1.82, 2.24) is 9.97 Å². The first-order valence-electron chi connectivity index (χ1n) is 10.4. The summed E-state index contributed by atoms with van der Waals surface area (Å²) in [6, 6.07) is 8.12. The molecule has 2 heterocycles. The molecule has 1 saturated carbocycles. The normalized spacial score (nSPS) is 24.0. The number of nitrogens with two attached hydrogens (primary N) is 2. The van der Waals surface area contributed by atoms with Gasteiger partial charge < -0.3 is 21.1 Å². The van der Waals surface area contributed by atoms with E-state index in [1.165, 1.54) is 11.9 Å². The minimum absolute atomic E-state index is 0.119. The van der Waals surface area contributed by atoms with Gasteiger partial charge >= 0.3 is 0 Å². The summed E-state index contributed by atoms with van der Waals surface area (Å²) in [6.07, 6.45) is 5.69. The van der Waals surface area contributed by atoms with Gasteiger partial charge in [0.05, 0.1) is 6.54 Å². The molecule has 1 aromatic heterocycles. The third-order valence-electron chi connectivity index (χ3n) is 6.07. The van der Waals surface area contributed by atoms with Gasteiger partial charge in [0.25, 0.3) is 5.91 Å². The molecule has 2 aromatic rings. The maximum absolute atomic E-state index is 13.2. The van der Waals surface area contributed by atoms with E-state index < -0.39 is 0 Å². The molecule has 0 saturated heterocycles. The molecule has 0 unspecified atom stereocenters. The number of hydrogen-bond donors (Lipinski definition) is 2. The molecule has 1 aromatic carbocycles. The Morgan fingerprint density at radius 2 is 1.87 bits per heavy atom. The van der Waals surface area contributed by atoms with E-state index in [0.717, 1.165) is 31.4 Å². The van der Waals surface area contributed by atoms with Gasteiger partial charge in [-0.05, 0) is 62.1 Å². The Kier molecular flexibility index (Phi) is 5.57. The van der Waals surface area contributed by atoms with E-state index in [4.69, 9.17) is 16.2 Å². The number of nitrogens with zero attached hydrogens (tertiary/aromatic N) is 3. The fraction of sp³-hybridized carbons (Fsp3) is 0.455. The van der Waals surface area contributed by atoms with Crippen molar-refractivity contribution in [1.29, 1.82) is 0 Å². The molecular formula is C22H27N5O3. The summed E-state index contributed by atoms with van der Waals surface area (Å²) in [5.74, 6) is 0.750. The van der Waals surface area contributed by atoms with Gasteiger partial charge in [0.15, 0.2) is 0 Å². The number of carbonyl (C=O) groups excluding carboxylic acids is 2. The Morgan fingerprint density at radius 1 is 1.17 bits per heavy atom. The molecule has 158 valence electrons. The molecule has 1 atom stereocenters. The van der Waals surface area contributed by atoms with Crippen molar-refractivity contribution in [2.75, 3.05) is 17.2 Å². The highest BCUT2D eigenvalue weighted by Crippen LogP contribution is 2.38. The van der Waals surface area contributed by atoms with Crippen molar-refractivity contribution in [2.24, 2.45) is 11.7 Å². The third-order valence-corrected chi connectivity index (χ3v) is 6.07. The van der Waals surface area contributed by atoms with Gasteiger partial charge in [-0.3, -0.25) is 9.59 Å². The fourth-order valence-corrected chi connectivity index (χ4v) is 4.51. The van der Waals surface area contributed by atoms with Crippen molar-refractivity contribution >= 4 is 23.3 Å². The summed E-state index contributed by atoms with van der Waals surface area (Å²) in [5, 5.41) is 0. The van der Waals surface area contributed by atoms with Gasteiger partial charge in [-0.25, -0.2) is 9.97 Å². The highest BCUT2D eigenvalue weighted by atomic mass is 16.5. The van der Waals surface area contributed by atoms with Crippen LogP contribution in [0.4, 0.5) is 11.5 Å². The van der Waals surface area contributed by atoms with E-state index >= 15 is 0 Å². The van der Waals surface area contributed by atoms with E-state index in [2.05, 4.69) is 22.1 Å². The second-order valence-electron chi connectivity index (χ2n) is 8.26. The van der Waals surface area contributed by atoms with Crippen LogP contribution in [-0.2, 0) is 4.79 Å². The number of anilines is 2. The van der Waals surface area contributed by atoms with Crippen LogP contribution in [0, 0.1) is 5.92 Å². The Morgan fingerprint density at radius 3 is 2.53 bits per heavy atom. The minimum atomic E-state index is -0.257. The van der Waals surface area contributed by atoms with Crippen LogP contribution in [0.25, 0.3) is 0 Å². The number of amides is 2. The standard InChI is InChI=1S/C22H27N5O3/c1-13-11-27(22(29)19-20(24)25-12-26-21(19)30-13)17-8-6-16(7-9-17)15-4-2-14(3-5-15)10-18(23)28/h6-9,12-15H,2-5,10-11H2,1H3,(H2,23,28)(H2,24,25,26)/t13-,14?,15?/m1/s1. The molecular weight excluding hydrogens is 382 g/mol. The zero-order chi connectivity index (χ0) is 21.3. The summed E-state index contributed by atoms with van der Waals surface area (Å²) in [4.78, 5) is 34.0. The van der Waals surface area contributed by atoms with Crippen molar-refractivity contribution in [2.45, 2.75) is 51.0 Å². The van der Waals surface area contributed by atoms with Crippen molar-refractivity contribution in [3.8, 4) is 5.88 Å². The topological polar surface area (TPSA) is 124 Å². The highest BCUT2D eigenvalue weighted by molar-refractivity contribution is 6.10. The molecule has 2 amide bonds. The first kappa shape index (κ1) is 20.1. The number of fused-ring (bicyclic) bond motifs is 1. The molecule has 2 aliphatic rings. The summed E-state index contributed by atoms with van der Waals surface area (Å²) in [6.45, 7) is 2.29. The van der Waals surface area contributed by atoms with E-state index in [-0.39, 0.29) is 35.2 Å². The lowest BCUT2D eigenvalue weighted by Gasteiger charge is -2.29. The average molecular weight is 409 g/mol. The maximum atomic E-state index is 13.2. The Bertz CT molecular complexity index is 938. The van der Waals surface area contributed by atoms with Crippen molar-refractivity contribution < 1.29 is 14.3 Å². The Labute approximate surface area is 175 Å². The SMILES string of the molecule is C[C@@H]1CN(c2ccc(C3CCC(CC(N)=O)CC3)cc2)C(=O)c2c(N)ncnc2O1. The second-order valence-corrected chi connectivity index (χ2v) is 8.26. The van der Waals surface area contributed by atoms with Crippen LogP contribution in [0.1, 0.15) is 60.9 Å². The van der Waals surface area contributed by atoms with Gasteiger partial charge in [0.1, 0.15) is 23.8 Å². The maximum Gasteiger partial charge on any atom is 0.267 e. The second kappa shape index (κ2) is 8.30. The molecule has 8 heteroatoms. The number of nitrogen functional groups attached to an aromatic ring is 1. The number of hydrogen-bond acceptors (Lipinski definition) is 6. The number of ether oxygens (including phenoxy) is 1.